The Morgan fingerprint density at radius 2 is 2.00 bits per heavy atom. The molecular weight excluding hydrogens is 458 g/mol. The van der Waals surface area contributed by atoms with Crippen molar-refractivity contribution in [1.82, 2.24) is 19.2 Å². The number of fused-ring (bicyclic) bond motifs is 1. The number of benzene rings is 2. The molecule has 3 heterocycles. The van der Waals surface area contributed by atoms with Gasteiger partial charge in [0, 0.05) is 61.3 Å². The third kappa shape index (κ3) is 4.61. The van der Waals surface area contributed by atoms with Crippen LogP contribution in [0.2, 0.25) is 0 Å². The number of likely N-dealkylation sites (N-methyl/N-ethyl adjacent to an activating group) is 1. The number of nitrogens with zero attached hydrogens (tertiary/aromatic N) is 4. The fraction of sp³-hybridized carbons (Fsp3) is 0.391. The molecule has 1 fully saturated rings. The molecule has 0 bridgehead atoms. The Kier molecular flexibility index (Phi) is 6.33. The van der Waals surface area contributed by atoms with Crippen LogP contribution in [0, 0.1) is 0 Å². The van der Waals surface area contributed by atoms with E-state index in [9.17, 15) is 8.42 Å². The minimum Gasteiger partial charge on any atom is -0.493 e. The zero-order valence-corrected chi connectivity index (χ0v) is 20.1. The lowest BCUT2D eigenvalue weighted by atomic mass is 9.93. The normalized spacial score (nSPS) is 21.8. The van der Waals surface area contributed by atoms with Gasteiger partial charge in [-0.1, -0.05) is 43.3 Å². The highest BCUT2D eigenvalue weighted by Crippen LogP contribution is 2.42. The Bertz CT molecular complexity index is 1190. The number of sulfonamides is 1. The van der Waals surface area contributed by atoms with E-state index in [1.807, 2.05) is 6.07 Å². The Balaban J connectivity index is 1.45. The minimum atomic E-state index is -3.77. The molecule has 5 rings (SSSR count). The molecule has 0 spiro atoms. The van der Waals surface area contributed by atoms with E-state index >= 15 is 0 Å². The van der Waals surface area contributed by atoms with Crippen molar-refractivity contribution in [3.05, 3.63) is 66.0 Å². The zero-order valence-electron chi connectivity index (χ0n) is 18.4. The maximum absolute atomic E-state index is 12.8. The van der Waals surface area contributed by atoms with Gasteiger partial charge in [-0.3, -0.25) is 9.62 Å². The Labute approximate surface area is 198 Å². The highest BCUT2D eigenvalue weighted by molar-refractivity contribution is 7.93. The van der Waals surface area contributed by atoms with Crippen molar-refractivity contribution in [2.75, 3.05) is 37.5 Å². The maximum Gasteiger partial charge on any atom is 0.263 e. The third-order valence-corrected chi connectivity index (χ3v) is 8.47. The first-order valence-electron chi connectivity index (χ1n) is 11.1. The van der Waals surface area contributed by atoms with E-state index in [2.05, 4.69) is 61.1 Å². The Morgan fingerprint density at radius 3 is 2.76 bits per heavy atom. The second kappa shape index (κ2) is 9.38. The third-order valence-electron chi connectivity index (χ3n) is 6.42. The quantitative estimate of drug-likeness (QED) is 0.571. The number of anilines is 1. The number of hydrogen-bond acceptors (Lipinski definition) is 8. The maximum atomic E-state index is 12.8. The molecule has 1 aromatic heterocycles. The van der Waals surface area contributed by atoms with Crippen molar-refractivity contribution in [3.8, 4) is 5.75 Å². The highest BCUT2D eigenvalue weighted by Gasteiger charge is 2.36. The summed E-state index contributed by atoms with van der Waals surface area (Å²) in [6, 6.07) is 16.3. The van der Waals surface area contributed by atoms with Gasteiger partial charge in [-0.2, -0.15) is 4.37 Å². The van der Waals surface area contributed by atoms with Gasteiger partial charge in [0.2, 0.25) is 5.13 Å². The summed E-state index contributed by atoms with van der Waals surface area (Å²) in [5, 5.41) is 0.242. The van der Waals surface area contributed by atoms with Gasteiger partial charge in [-0.15, -0.1) is 0 Å². The molecular formula is C23H27N5O3S2. The number of hydrogen-bond donors (Lipinski definition) is 1. The van der Waals surface area contributed by atoms with Gasteiger partial charge in [0.1, 0.15) is 12.1 Å². The van der Waals surface area contributed by atoms with E-state index in [1.54, 1.807) is 12.1 Å². The predicted octanol–water partition coefficient (Wildman–Crippen LogP) is 3.54. The molecule has 2 aliphatic heterocycles. The average molecular weight is 486 g/mol. The van der Waals surface area contributed by atoms with E-state index in [-0.39, 0.29) is 22.1 Å². The SMILES string of the molecule is CCN1CCN([C@@H]2CCOc3cc(S(=O)(=O)Nc4ncns4)ccc32)[C@H](c2ccccc2)C1. The molecule has 2 aliphatic rings. The van der Waals surface area contributed by atoms with Crippen LogP contribution in [0.5, 0.6) is 5.75 Å². The minimum absolute atomic E-state index is 0.160. The van der Waals surface area contributed by atoms with E-state index < -0.39 is 10.0 Å². The molecule has 0 radical (unpaired) electrons. The molecule has 8 nitrogen and oxygen atoms in total. The standard InChI is InChI=1S/C23H27N5O3S2/c1-2-27-11-12-28(21(15-27)17-6-4-3-5-7-17)20-10-13-31-22-14-18(8-9-19(20)22)33(29,30)26-23-24-16-25-32-23/h3-9,14,16,20-21H,2,10-13,15H2,1H3,(H,24,25,26)/t20-,21+/m1/s1. The second-order valence-electron chi connectivity index (χ2n) is 8.26. The number of piperazine rings is 1. The molecule has 1 saturated heterocycles. The van der Waals surface area contributed by atoms with Crippen molar-refractivity contribution in [1.29, 1.82) is 0 Å². The summed E-state index contributed by atoms with van der Waals surface area (Å²) in [5.41, 5.74) is 2.35. The van der Waals surface area contributed by atoms with Gasteiger partial charge >= 0.3 is 0 Å². The van der Waals surface area contributed by atoms with E-state index in [0.29, 0.717) is 12.4 Å². The zero-order chi connectivity index (χ0) is 22.8. The lowest BCUT2D eigenvalue weighted by Gasteiger charge is -2.46. The molecule has 2 atom stereocenters. The van der Waals surface area contributed by atoms with E-state index in [0.717, 1.165) is 49.7 Å². The fourth-order valence-electron chi connectivity index (χ4n) is 4.74. The van der Waals surface area contributed by atoms with E-state index in [4.69, 9.17) is 4.74 Å². The lowest BCUT2D eigenvalue weighted by Crippen LogP contribution is -2.50. The number of nitrogens with one attached hydrogen (secondary N) is 1. The molecule has 3 aromatic rings. The summed E-state index contributed by atoms with van der Waals surface area (Å²) in [5.74, 6) is 0.635. The van der Waals surface area contributed by atoms with Crippen LogP contribution >= 0.6 is 11.5 Å². The first kappa shape index (κ1) is 22.3. The van der Waals surface area contributed by atoms with Gasteiger partial charge in [0.15, 0.2) is 0 Å². The largest absolute Gasteiger partial charge is 0.493 e. The van der Waals surface area contributed by atoms with Crippen LogP contribution in [0.1, 0.15) is 36.6 Å². The highest BCUT2D eigenvalue weighted by atomic mass is 32.2. The van der Waals surface area contributed by atoms with Crippen molar-refractivity contribution in [2.45, 2.75) is 30.3 Å². The summed E-state index contributed by atoms with van der Waals surface area (Å²) in [6.45, 7) is 6.75. The van der Waals surface area contributed by atoms with Gasteiger partial charge in [0.25, 0.3) is 10.0 Å². The monoisotopic (exact) mass is 485 g/mol. The number of rotatable bonds is 6. The summed E-state index contributed by atoms with van der Waals surface area (Å²) in [7, 11) is -3.77. The molecule has 0 aliphatic carbocycles. The van der Waals surface area contributed by atoms with Crippen molar-refractivity contribution in [3.63, 3.8) is 0 Å². The second-order valence-corrected chi connectivity index (χ2v) is 10.7. The summed E-state index contributed by atoms with van der Waals surface area (Å²) < 4.78 is 37.9. The summed E-state index contributed by atoms with van der Waals surface area (Å²) in [6.07, 6.45) is 2.20. The van der Waals surface area contributed by atoms with Gasteiger partial charge in [-0.05, 0) is 18.2 Å². The molecule has 33 heavy (non-hydrogen) atoms. The van der Waals surface area contributed by atoms with Crippen LogP contribution in [0.4, 0.5) is 5.13 Å². The molecule has 2 aromatic carbocycles. The van der Waals surface area contributed by atoms with E-state index in [1.165, 1.54) is 11.9 Å². The topological polar surface area (TPSA) is 87.7 Å². The molecule has 0 amide bonds. The predicted molar refractivity (Wildman–Crippen MR) is 128 cm³/mol. The summed E-state index contributed by atoms with van der Waals surface area (Å²) >= 11 is 0.999. The number of aromatic nitrogens is 2. The van der Waals surface area contributed by atoms with Gasteiger partial charge < -0.3 is 9.64 Å². The van der Waals surface area contributed by atoms with Crippen LogP contribution in [-0.2, 0) is 10.0 Å². The summed E-state index contributed by atoms with van der Waals surface area (Å²) in [4.78, 5) is 9.13. The molecule has 0 saturated carbocycles. The Morgan fingerprint density at radius 1 is 1.15 bits per heavy atom. The van der Waals surface area contributed by atoms with Crippen LogP contribution in [0.3, 0.4) is 0 Å². The Hall–Kier alpha value is -2.53. The molecule has 1 N–H and O–H groups in total. The van der Waals surface area contributed by atoms with Crippen LogP contribution < -0.4 is 9.46 Å². The van der Waals surface area contributed by atoms with Gasteiger partial charge in [-0.25, -0.2) is 13.4 Å². The number of ether oxygens (including phenoxy) is 1. The first-order valence-corrected chi connectivity index (χ1v) is 13.4. The van der Waals surface area contributed by atoms with Crippen molar-refractivity contribution < 1.29 is 13.2 Å². The lowest BCUT2D eigenvalue weighted by molar-refractivity contribution is 0.0257. The van der Waals surface area contributed by atoms with Crippen LogP contribution in [0.15, 0.2) is 59.8 Å². The smallest absolute Gasteiger partial charge is 0.263 e. The van der Waals surface area contributed by atoms with Crippen LogP contribution in [0.25, 0.3) is 0 Å². The molecule has 10 heteroatoms. The van der Waals surface area contributed by atoms with Crippen LogP contribution in [-0.4, -0.2) is 60.4 Å². The van der Waals surface area contributed by atoms with Gasteiger partial charge in [0.05, 0.1) is 11.5 Å². The average Bonchev–Trinajstić information content (AvgIpc) is 3.36. The van der Waals surface area contributed by atoms with Crippen molar-refractivity contribution in [2.24, 2.45) is 0 Å². The fourth-order valence-corrected chi connectivity index (χ4v) is 6.42. The van der Waals surface area contributed by atoms with Crippen molar-refractivity contribution >= 4 is 26.7 Å². The molecule has 0 unspecified atom stereocenters. The molecule has 174 valence electrons. The first-order chi connectivity index (χ1) is 16.0.